The fourth-order valence-electron chi connectivity index (χ4n) is 1.25. The molecule has 0 aliphatic rings. The molecule has 0 aliphatic heterocycles. The van der Waals surface area contributed by atoms with E-state index in [0.29, 0.717) is 5.92 Å². The summed E-state index contributed by atoms with van der Waals surface area (Å²) >= 11 is 0. The molecule has 1 aromatic heterocycles. The van der Waals surface area contributed by atoms with Crippen LogP contribution in [0.15, 0.2) is 30.7 Å². The molecule has 1 heterocycles. The molecular weight excluding hydrogens is 196 g/mol. The predicted octanol–water partition coefficient (Wildman–Crippen LogP) is 3.96. The first-order chi connectivity index (χ1) is 7.30. The van der Waals surface area contributed by atoms with Crippen molar-refractivity contribution >= 4 is 5.69 Å². The Labute approximate surface area is 98.8 Å². The molecule has 0 amide bonds. The number of anilines is 1. The first kappa shape index (κ1) is 12.8. The molecule has 1 N–H and O–H groups in total. The van der Waals surface area contributed by atoms with Gasteiger partial charge >= 0.3 is 0 Å². The molecule has 0 saturated carbocycles. The smallest absolute Gasteiger partial charge is 0.0571 e. The summed E-state index contributed by atoms with van der Waals surface area (Å²) in [5.74, 6) is 0.429. The normalized spacial score (nSPS) is 11.6. The molecule has 2 nitrogen and oxygen atoms in total. The van der Waals surface area contributed by atoms with Gasteiger partial charge in [0.2, 0.25) is 0 Å². The Kier molecular flexibility index (Phi) is 3.74. The molecule has 88 valence electrons. The van der Waals surface area contributed by atoms with Crippen LogP contribution in [-0.2, 0) is 5.41 Å². The summed E-state index contributed by atoms with van der Waals surface area (Å²) in [5.41, 5.74) is 3.40. The minimum Gasteiger partial charge on any atom is -0.358 e. The number of nitrogens with one attached hydrogen (secondary N) is 1. The molecule has 1 aromatic rings. The lowest BCUT2D eigenvalue weighted by Crippen LogP contribution is -2.12. The fraction of sp³-hybridized carbons (Fsp3) is 0.500. The number of rotatable bonds is 3. The summed E-state index contributed by atoms with van der Waals surface area (Å²) < 4.78 is 0. The SMILES string of the molecule is C=C(Nc1cncc(C(C)(C)C)c1)C(C)C. The van der Waals surface area contributed by atoms with Gasteiger partial charge in [0, 0.05) is 11.9 Å². The van der Waals surface area contributed by atoms with Crippen molar-refractivity contribution in [1.29, 1.82) is 0 Å². The Bertz CT molecular complexity index is 373. The number of pyridine rings is 1. The third-order valence-corrected chi connectivity index (χ3v) is 2.61. The monoisotopic (exact) mass is 218 g/mol. The van der Waals surface area contributed by atoms with Crippen LogP contribution in [0.25, 0.3) is 0 Å². The molecule has 0 saturated heterocycles. The van der Waals surface area contributed by atoms with E-state index >= 15 is 0 Å². The highest BCUT2D eigenvalue weighted by molar-refractivity contribution is 5.48. The molecule has 1 rings (SSSR count). The zero-order valence-corrected chi connectivity index (χ0v) is 11.0. The van der Waals surface area contributed by atoms with Gasteiger partial charge in [-0.1, -0.05) is 41.2 Å². The van der Waals surface area contributed by atoms with E-state index in [1.807, 2.05) is 12.4 Å². The standard InChI is InChI=1S/C14H22N2/c1-10(2)11(3)16-13-7-12(8-15-9-13)14(4,5)6/h7-10,16H,3H2,1-2,4-6H3. The van der Waals surface area contributed by atoms with E-state index in [4.69, 9.17) is 0 Å². The zero-order valence-electron chi connectivity index (χ0n) is 11.0. The van der Waals surface area contributed by atoms with E-state index < -0.39 is 0 Å². The van der Waals surface area contributed by atoms with Crippen molar-refractivity contribution in [3.63, 3.8) is 0 Å². The van der Waals surface area contributed by atoms with E-state index in [-0.39, 0.29) is 5.41 Å². The number of hydrogen-bond donors (Lipinski definition) is 1. The molecule has 0 radical (unpaired) electrons. The van der Waals surface area contributed by atoms with E-state index in [1.54, 1.807) is 0 Å². The molecule has 16 heavy (non-hydrogen) atoms. The predicted molar refractivity (Wildman–Crippen MR) is 70.5 cm³/mol. The van der Waals surface area contributed by atoms with Crippen molar-refractivity contribution in [3.8, 4) is 0 Å². The van der Waals surface area contributed by atoms with Crippen molar-refractivity contribution < 1.29 is 0 Å². The van der Waals surface area contributed by atoms with Gasteiger partial charge in [-0.05, 0) is 23.0 Å². The van der Waals surface area contributed by atoms with Gasteiger partial charge in [-0.2, -0.15) is 0 Å². The number of aromatic nitrogens is 1. The highest BCUT2D eigenvalue weighted by Crippen LogP contribution is 2.24. The first-order valence-corrected chi connectivity index (χ1v) is 5.72. The van der Waals surface area contributed by atoms with Crippen LogP contribution >= 0.6 is 0 Å². The van der Waals surface area contributed by atoms with Crippen LogP contribution in [0.3, 0.4) is 0 Å². The second-order valence-corrected chi connectivity index (χ2v) is 5.52. The van der Waals surface area contributed by atoms with E-state index in [9.17, 15) is 0 Å². The second kappa shape index (κ2) is 4.69. The second-order valence-electron chi connectivity index (χ2n) is 5.52. The molecule has 0 unspecified atom stereocenters. The maximum Gasteiger partial charge on any atom is 0.0571 e. The minimum absolute atomic E-state index is 0.129. The molecule has 0 fully saturated rings. The average molecular weight is 218 g/mol. The maximum atomic E-state index is 4.26. The quantitative estimate of drug-likeness (QED) is 0.830. The average Bonchev–Trinajstić information content (AvgIpc) is 2.16. The Hall–Kier alpha value is -1.31. The van der Waals surface area contributed by atoms with Gasteiger partial charge in [0.15, 0.2) is 0 Å². The van der Waals surface area contributed by atoms with Crippen LogP contribution in [0.4, 0.5) is 5.69 Å². The van der Waals surface area contributed by atoms with Crippen molar-refractivity contribution in [2.24, 2.45) is 5.92 Å². The molecule has 0 aliphatic carbocycles. The van der Waals surface area contributed by atoms with Crippen LogP contribution in [0, 0.1) is 5.92 Å². The third-order valence-electron chi connectivity index (χ3n) is 2.61. The van der Waals surface area contributed by atoms with Gasteiger partial charge in [0.1, 0.15) is 0 Å². The lowest BCUT2D eigenvalue weighted by Gasteiger charge is -2.20. The summed E-state index contributed by atoms with van der Waals surface area (Å²) in [4.78, 5) is 4.26. The summed E-state index contributed by atoms with van der Waals surface area (Å²) in [5, 5.41) is 3.30. The van der Waals surface area contributed by atoms with Crippen molar-refractivity contribution in [2.45, 2.75) is 40.0 Å². The van der Waals surface area contributed by atoms with E-state index in [1.165, 1.54) is 5.56 Å². The lowest BCUT2D eigenvalue weighted by molar-refractivity contribution is 0.587. The Morgan fingerprint density at radius 2 is 1.94 bits per heavy atom. The highest BCUT2D eigenvalue weighted by atomic mass is 14.9. The van der Waals surface area contributed by atoms with Crippen LogP contribution < -0.4 is 5.32 Å². The summed E-state index contributed by atoms with van der Waals surface area (Å²) in [6.07, 6.45) is 3.76. The molecule has 2 heteroatoms. The van der Waals surface area contributed by atoms with Crippen LogP contribution in [0.5, 0.6) is 0 Å². The Balaban J connectivity index is 2.88. The van der Waals surface area contributed by atoms with Crippen molar-refractivity contribution in [2.75, 3.05) is 5.32 Å². The van der Waals surface area contributed by atoms with E-state index in [2.05, 4.69) is 57.6 Å². The fourth-order valence-corrected chi connectivity index (χ4v) is 1.25. The van der Waals surface area contributed by atoms with Gasteiger partial charge in [-0.15, -0.1) is 0 Å². The maximum absolute atomic E-state index is 4.26. The van der Waals surface area contributed by atoms with E-state index in [0.717, 1.165) is 11.4 Å². The Morgan fingerprint density at radius 3 is 2.44 bits per heavy atom. The van der Waals surface area contributed by atoms with Crippen molar-refractivity contribution in [1.82, 2.24) is 4.98 Å². The molecule has 0 bridgehead atoms. The number of hydrogen-bond acceptors (Lipinski definition) is 2. The molecule has 0 aromatic carbocycles. The van der Waals surface area contributed by atoms with Gasteiger partial charge in [-0.3, -0.25) is 4.98 Å². The Morgan fingerprint density at radius 1 is 1.31 bits per heavy atom. The zero-order chi connectivity index (χ0) is 12.3. The van der Waals surface area contributed by atoms with Gasteiger partial charge < -0.3 is 5.32 Å². The first-order valence-electron chi connectivity index (χ1n) is 5.72. The third kappa shape index (κ3) is 3.37. The summed E-state index contributed by atoms with van der Waals surface area (Å²) in [6.45, 7) is 14.8. The van der Waals surface area contributed by atoms with Gasteiger partial charge in [0.05, 0.1) is 11.9 Å². The largest absolute Gasteiger partial charge is 0.358 e. The molecule has 0 atom stereocenters. The molecular formula is C14H22N2. The summed E-state index contributed by atoms with van der Waals surface area (Å²) in [7, 11) is 0. The minimum atomic E-state index is 0.129. The van der Waals surface area contributed by atoms with Crippen LogP contribution in [0.1, 0.15) is 40.2 Å². The molecule has 0 spiro atoms. The van der Waals surface area contributed by atoms with Crippen LogP contribution in [-0.4, -0.2) is 4.98 Å². The highest BCUT2D eigenvalue weighted by Gasteiger charge is 2.14. The van der Waals surface area contributed by atoms with Gasteiger partial charge in [0.25, 0.3) is 0 Å². The number of allylic oxidation sites excluding steroid dienone is 1. The topological polar surface area (TPSA) is 24.9 Å². The number of nitrogens with zero attached hydrogens (tertiary/aromatic N) is 1. The van der Waals surface area contributed by atoms with Crippen LogP contribution in [0.2, 0.25) is 0 Å². The lowest BCUT2D eigenvalue weighted by atomic mass is 9.88. The van der Waals surface area contributed by atoms with Gasteiger partial charge in [-0.25, -0.2) is 0 Å². The van der Waals surface area contributed by atoms with Crippen molar-refractivity contribution in [3.05, 3.63) is 36.3 Å². The summed E-state index contributed by atoms with van der Waals surface area (Å²) in [6, 6.07) is 2.14.